The van der Waals surface area contributed by atoms with Gasteiger partial charge in [-0.25, -0.2) is 0 Å². The highest BCUT2D eigenvalue weighted by atomic mass is 16.3. The molecule has 4 nitrogen and oxygen atoms in total. The average Bonchev–Trinajstić information content (AvgIpc) is 2.86. The highest BCUT2D eigenvalue weighted by molar-refractivity contribution is 5.47. The summed E-state index contributed by atoms with van der Waals surface area (Å²) in [5.74, 6) is 0. The zero-order chi connectivity index (χ0) is 11.7. The number of aliphatic hydroxyl groups excluding tert-OH is 1. The van der Waals surface area contributed by atoms with Crippen molar-refractivity contribution in [1.82, 2.24) is 9.88 Å². The molecule has 3 heterocycles. The number of anilines is 1. The summed E-state index contributed by atoms with van der Waals surface area (Å²) < 4.78 is 0. The largest absolute Gasteiger partial charge is 0.390 e. The van der Waals surface area contributed by atoms with Gasteiger partial charge in [0, 0.05) is 37.6 Å². The Bertz CT molecular complexity index is 396. The van der Waals surface area contributed by atoms with Gasteiger partial charge in [0.05, 0.1) is 12.3 Å². The number of hydrogen-bond donors (Lipinski definition) is 1. The van der Waals surface area contributed by atoms with E-state index in [0.29, 0.717) is 0 Å². The lowest BCUT2D eigenvalue weighted by molar-refractivity contribution is 0.231. The first-order valence-electron chi connectivity index (χ1n) is 6.41. The summed E-state index contributed by atoms with van der Waals surface area (Å²) in [5.41, 5.74) is 1.96. The molecule has 2 fully saturated rings. The molecule has 2 aliphatic rings. The Hall–Kier alpha value is -1.13. The zero-order valence-electron chi connectivity index (χ0n) is 10.0. The molecule has 1 atom stereocenters. The Morgan fingerprint density at radius 2 is 2.29 bits per heavy atom. The SMILES string of the molecule is OCc1cc(N2CCN3CCCC3C2)ccn1. The van der Waals surface area contributed by atoms with Gasteiger partial charge in [0.1, 0.15) is 0 Å². The van der Waals surface area contributed by atoms with Crippen LogP contribution in [-0.4, -0.2) is 47.2 Å². The van der Waals surface area contributed by atoms with Crippen LogP contribution < -0.4 is 4.90 Å². The van der Waals surface area contributed by atoms with Gasteiger partial charge in [0.25, 0.3) is 0 Å². The average molecular weight is 233 g/mol. The van der Waals surface area contributed by atoms with Crippen molar-refractivity contribution in [3.05, 3.63) is 24.0 Å². The standard InChI is InChI=1S/C13H19N3O/c17-10-11-8-12(3-4-14-11)16-7-6-15-5-1-2-13(15)9-16/h3-4,8,13,17H,1-2,5-7,9-10H2. The molecular weight excluding hydrogens is 214 g/mol. The van der Waals surface area contributed by atoms with Gasteiger partial charge in [-0.05, 0) is 31.5 Å². The zero-order valence-corrected chi connectivity index (χ0v) is 10.0. The molecular formula is C13H19N3O. The molecule has 1 unspecified atom stereocenters. The maximum Gasteiger partial charge on any atom is 0.0853 e. The van der Waals surface area contributed by atoms with Crippen molar-refractivity contribution in [2.45, 2.75) is 25.5 Å². The van der Waals surface area contributed by atoms with Gasteiger partial charge in [-0.1, -0.05) is 0 Å². The van der Waals surface area contributed by atoms with E-state index >= 15 is 0 Å². The van der Waals surface area contributed by atoms with Crippen molar-refractivity contribution in [3.63, 3.8) is 0 Å². The number of aliphatic hydroxyl groups is 1. The van der Waals surface area contributed by atoms with Gasteiger partial charge in [0.15, 0.2) is 0 Å². The minimum Gasteiger partial charge on any atom is -0.390 e. The Morgan fingerprint density at radius 3 is 3.18 bits per heavy atom. The molecule has 1 N–H and O–H groups in total. The van der Waals surface area contributed by atoms with E-state index < -0.39 is 0 Å². The summed E-state index contributed by atoms with van der Waals surface area (Å²) in [4.78, 5) is 9.16. The molecule has 0 bridgehead atoms. The van der Waals surface area contributed by atoms with E-state index in [4.69, 9.17) is 5.11 Å². The van der Waals surface area contributed by atoms with E-state index in [1.54, 1.807) is 6.20 Å². The van der Waals surface area contributed by atoms with Crippen LogP contribution in [0.2, 0.25) is 0 Å². The van der Waals surface area contributed by atoms with Gasteiger partial charge in [-0.15, -0.1) is 0 Å². The normalized spacial score (nSPS) is 25.0. The number of rotatable bonds is 2. The van der Waals surface area contributed by atoms with E-state index in [1.165, 1.54) is 31.6 Å². The number of hydrogen-bond acceptors (Lipinski definition) is 4. The predicted molar refractivity (Wildman–Crippen MR) is 67.0 cm³/mol. The number of fused-ring (bicyclic) bond motifs is 1. The Morgan fingerprint density at radius 1 is 1.35 bits per heavy atom. The molecule has 4 heteroatoms. The van der Waals surface area contributed by atoms with Crippen LogP contribution in [0.4, 0.5) is 5.69 Å². The van der Waals surface area contributed by atoms with Crippen LogP contribution in [0, 0.1) is 0 Å². The molecule has 0 aromatic carbocycles. The molecule has 0 saturated carbocycles. The summed E-state index contributed by atoms with van der Waals surface area (Å²) in [5, 5.41) is 9.12. The smallest absolute Gasteiger partial charge is 0.0853 e. The number of pyridine rings is 1. The Balaban J connectivity index is 1.75. The summed E-state index contributed by atoms with van der Waals surface area (Å²) in [7, 11) is 0. The van der Waals surface area contributed by atoms with Crippen LogP contribution in [0.1, 0.15) is 18.5 Å². The van der Waals surface area contributed by atoms with Crippen LogP contribution in [0.15, 0.2) is 18.3 Å². The van der Waals surface area contributed by atoms with Crippen LogP contribution in [0.25, 0.3) is 0 Å². The molecule has 1 aromatic heterocycles. The summed E-state index contributed by atoms with van der Waals surface area (Å²) in [6.45, 7) is 4.68. The van der Waals surface area contributed by atoms with Crippen molar-refractivity contribution >= 4 is 5.69 Å². The highest BCUT2D eigenvalue weighted by Crippen LogP contribution is 2.25. The molecule has 2 aliphatic heterocycles. The van der Waals surface area contributed by atoms with Crippen LogP contribution in [0.5, 0.6) is 0 Å². The fraction of sp³-hybridized carbons (Fsp3) is 0.615. The van der Waals surface area contributed by atoms with Crippen molar-refractivity contribution in [1.29, 1.82) is 0 Å². The number of nitrogens with zero attached hydrogens (tertiary/aromatic N) is 3. The monoisotopic (exact) mass is 233 g/mol. The molecule has 3 rings (SSSR count). The quantitative estimate of drug-likeness (QED) is 0.822. The summed E-state index contributed by atoms with van der Waals surface area (Å²) in [6.07, 6.45) is 4.47. The van der Waals surface area contributed by atoms with E-state index in [1.807, 2.05) is 12.1 Å². The first-order chi connectivity index (χ1) is 8.36. The van der Waals surface area contributed by atoms with Gasteiger partial charge in [0.2, 0.25) is 0 Å². The van der Waals surface area contributed by atoms with Crippen LogP contribution in [-0.2, 0) is 6.61 Å². The fourth-order valence-electron chi connectivity index (χ4n) is 2.97. The van der Waals surface area contributed by atoms with Crippen molar-refractivity contribution in [3.8, 4) is 0 Å². The van der Waals surface area contributed by atoms with E-state index in [2.05, 4.69) is 14.8 Å². The molecule has 0 aliphatic carbocycles. The van der Waals surface area contributed by atoms with Gasteiger partial charge in [-0.2, -0.15) is 0 Å². The third-order valence-electron chi connectivity index (χ3n) is 3.91. The van der Waals surface area contributed by atoms with Crippen molar-refractivity contribution < 1.29 is 5.11 Å². The summed E-state index contributed by atoms with van der Waals surface area (Å²) >= 11 is 0. The lowest BCUT2D eigenvalue weighted by atomic mass is 10.1. The first kappa shape index (κ1) is 11.0. The molecule has 2 saturated heterocycles. The third-order valence-corrected chi connectivity index (χ3v) is 3.91. The number of aromatic nitrogens is 1. The molecule has 17 heavy (non-hydrogen) atoms. The minimum absolute atomic E-state index is 0.0250. The second kappa shape index (κ2) is 4.63. The van der Waals surface area contributed by atoms with Gasteiger partial charge in [-0.3, -0.25) is 9.88 Å². The maximum absolute atomic E-state index is 9.12. The minimum atomic E-state index is 0.0250. The first-order valence-corrected chi connectivity index (χ1v) is 6.41. The molecule has 0 amide bonds. The van der Waals surface area contributed by atoms with Crippen molar-refractivity contribution in [2.24, 2.45) is 0 Å². The van der Waals surface area contributed by atoms with Gasteiger partial charge < -0.3 is 10.0 Å². The lowest BCUT2D eigenvalue weighted by Gasteiger charge is -2.38. The number of piperazine rings is 1. The predicted octanol–water partition coefficient (Wildman–Crippen LogP) is 0.858. The highest BCUT2D eigenvalue weighted by Gasteiger charge is 2.30. The molecule has 0 spiro atoms. The van der Waals surface area contributed by atoms with E-state index in [-0.39, 0.29) is 6.61 Å². The van der Waals surface area contributed by atoms with Gasteiger partial charge >= 0.3 is 0 Å². The fourth-order valence-corrected chi connectivity index (χ4v) is 2.97. The third kappa shape index (κ3) is 2.15. The Labute approximate surface area is 102 Å². The second-order valence-corrected chi connectivity index (χ2v) is 4.94. The summed E-state index contributed by atoms with van der Waals surface area (Å²) in [6, 6.07) is 4.78. The molecule has 1 aromatic rings. The lowest BCUT2D eigenvalue weighted by Crippen LogP contribution is -2.50. The second-order valence-electron chi connectivity index (χ2n) is 4.94. The van der Waals surface area contributed by atoms with E-state index in [0.717, 1.165) is 24.8 Å². The molecule has 92 valence electrons. The van der Waals surface area contributed by atoms with E-state index in [9.17, 15) is 0 Å². The van der Waals surface area contributed by atoms with Crippen LogP contribution in [0.3, 0.4) is 0 Å². The Kier molecular flexibility index (Phi) is 2.99. The molecule has 0 radical (unpaired) electrons. The maximum atomic E-state index is 9.12. The van der Waals surface area contributed by atoms with Crippen molar-refractivity contribution in [2.75, 3.05) is 31.1 Å². The van der Waals surface area contributed by atoms with Crippen LogP contribution >= 0.6 is 0 Å². The topological polar surface area (TPSA) is 39.6 Å².